The first-order chi connectivity index (χ1) is 26.6. The van der Waals surface area contributed by atoms with Gasteiger partial charge in [0.25, 0.3) is 11.8 Å². The highest BCUT2D eigenvalue weighted by Crippen LogP contribution is 2.41. The molecule has 0 radical (unpaired) electrons. The normalized spacial score (nSPS) is 18.8. The average molecular weight is 818 g/mol. The summed E-state index contributed by atoms with van der Waals surface area (Å²) in [5.41, 5.74) is -1.35. The lowest BCUT2D eigenvalue weighted by atomic mass is 9.77. The van der Waals surface area contributed by atoms with Gasteiger partial charge in [-0.1, -0.05) is 96.2 Å². The van der Waals surface area contributed by atoms with E-state index in [2.05, 4.69) is 15.8 Å². The number of esters is 1. The number of carboxylic acid groups (broad SMARTS) is 1. The minimum atomic E-state index is -1.79. The van der Waals surface area contributed by atoms with Gasteiger partial charge in [-0.15, -0.1) is 22.9 Å². The lowest BCUT2D eigenvalue weighted by molar-refractivity contribution is -0.179. The second-order valence-electron chi connectivity index (χ2n) is 14.5. The highest BCUT2D eigenvalue weighted by Gasteiger charge is 2.57. The highest BCUT2D eigenvalue weighted by molar-refractivity contribution is 7.86. The molecule has 2 aliphatic rings. The number of aliphatic carboxylic acids is 1. The van der Waals surface area contributed by atoms with E-state index < -0.39 is 68.4 Å². The summed E-state index contributed by atoms with van der Waals surface area (Å²) in [4.78, 5) is 64.1. The maximum atomic E-state index is 14.2. The average Bonchev–Trinajstić information content (AvgIpc) is 3.63. The van der Waals surface area contributed by atoms with Gasteiger partial charge in [0.15, 0.2) is 10.8 Å². The number of rotatable bonds is 13. The minimum absolute atomic E-state index is 0.0296. The van der Waals surface area contributed by atoms with Crippen LogP contribution in [0.15, 0.2) is 113 Å². The predicted molar refractivity (Wildman–Crippen MR) is 213 cm³/mol. The Kier molecular flexibility index (Phi) is 11.5. The van der Waals surface area contributed by atoms with Crippen molar-refractivity contribution in [1.82, 2.24) is 15.2 Å². The van der Waals surface area contributed by atoms with Crippen molar-refractivity contribution < 1.29 is 38.1 Å². The van der Waals surface area contributed by atoms with E-state index in [-0.39, 0.29) is 28.6 Å². The third-order valence-corrected chi connectivity index (χ3v) is 11.7. The van der Waals surface area contributed by atoms with Gasteiger partial charge < -0.3 is 25.3 Å². The number of carbonyl (C=O) groups excluding carboxylic acids is 3. The number of hydrogen-bond donors (Lipinski definition) is 3. The van der Waals surface area contributed by atoms with E-state index in [0.717, 1.165) is 21.6 Å². The maximum absolute atomic E-state index is 14.2. The smallest absolute Gasteiger partial charge is 0.353 e. The molecule has 292 valence electrons. The largest absolute Gasteiger partial charge is 0.477 e. The summed E-state index contributed by atoms with van der Waals surface area (Å²) in [6.45, 7) is 7.94. The summed E-state index contributed by atoms with van der Waals surface area (Å²) in [6, 6.07) is 28.1. The van der Waals surface area contributed by atoms with E-state index in [9.17, 15) is 28.5 Å². The first kappa shape index (κ1) is 40.3. The van der Waals surface area contributed by atoms with Crippen LogP contribution in [0.3, 0.4) is 0 Å². The Balaban J connectivity index is 1.39. The number of ether oxygens (including phenoxy) is 1. The molecule has 1 fully saturated rings. The lowest BCUT2D eigenvalue weighted by Crippen LogP contribution is -2.74. The van der Waals surface area contributed by atoms with Crippen LogP contribution in [-0.4, -0.2) is 82.9 Å². The summed E-state index contributed by atoms with van der Waals surface area (Å²) in [7, 11) is -1.79. The highest BCUT2D eigenvalue weighted by atomic mass is 35.5. The van der Waals surface area contributed by atoms with Crippen molar-refractivity contribution in [3.8, 4) is 0 Å². The van der Waals surface area contributed by atoms with Gasteiger partial charge in [0.2, 0.25) is 5.60 Å². The monoisotopic (exact) mass is 817 g/mol. The van der Waals surface area contributed by atoms with Gasteiger partial charge >= 0.3 is 11.9 Å². The summed E-state index contributed by atoms with van der Waals surface area (Å²) < 4.78 is 18.8. The molecule has 0 aliphatic carbocycles. The number of hydrogen-bond acceptors (Lipinski definition) is 11. The van der Waals surface area contributed by atoms with Gasteiger partial charge in [0.05, 0.1) is 16.6 Å². The first-order valence-corrected chi connectivity index (χ1v) is 20.3. The first-order valence-electron chi connectivity index (χ1n) is 17.5. The van der Waals surface area contributed by atoms with Crippen molar-refractivity contribution in [3.63, 3.8) is 0 Å². The summed E-state index contributed by atoms with van der Waals surface area (Å²) in [5.74, 6) is -4.31. The molecule has 3 aromatic carbocycles. The van der Waals surface area contributed by atoms with Crippen molar-refractivity contribution in [1.29, 1.82) is 0 Å². The zero-order chi connectivity index (χ0) is 40.4. The fraction of sp³-hybridized carbons (Fsp3) is 0.300. The summed E-state index contributed by atoms with van der Waals surface area (Å²) in [6.07, 6.45) is 0. The second kappa shape index (κ2) is 16.0. The Morgan fingerprint density at radius 3 is 1.96 bits per heavy atom. The summed E-state index contributed by atoms with van der Waals surface area (Å²) >= 11 is 7.12. The number of benzene rings is 3. The number of oxime groups is 1. The molecule has 0 spiro atoms. The molecule has 1 saturated heterocycles. The Labute approximate surface area is 335 Å². The zero-order valence-electron chi connectivity index (χ0n) is 31.1. The van der Waals surface area contributed by atoms with E-state index in [0.29, 0.717) is 5.13 Å². The van der Waals surface area contributed by atoms with Crippen LogP contribution in [0.5, 0.6) is 0 Å². The molecule has 3 N–H and O–H groups in total. The second-order valence-corrected chi connectivity index (χ2v) is 17.2. The van der Waals surface area contributed by atoms with E-state index in [1.54, 1.807) is 26.2 Å². The van der Waals surface area contributed by atoms with Crippen molar-refractivity contribution in [3.05, 3.63) is 130 Å². The number of nitrogens with zero attached hydrogens (tertiary/aromatic N) is 3. The third kappa shape index (κ3) is 7.97. The van der Waals surface area contributed by atoms with Crippen LogP contribution >= 0.6 is 22.9 Å². The summed E-state index contributed by atoms with van der Waals surface area (Å²) in [5, 5.41) is 21.0. The number of β-lactam (4-membered cyclic amide) rings is 1. The number of alkyl halides is 1. The quantitative estimate of drug-likeness (QED) is 0.0397. The van der Waals surface area contributed by atoms with Gasteiger partial charge in [0, 0.05) is 11.3 Å². The molecule has 2 amide bonds. The predicted octanol–water partition coefficient (Wildman–Crippen LogP) is 5.38. The number of anilines is 1. The molecule has 3 atom stereocenters. The number of aromatic nitrogens is 1. The number of thiazole rings is 1. The van der Waals surface area contributed by atoms with Crippen molar-refractivity contribution in [2.45, 2.75) is 62.8 Å². The van der Waals surface area contributed by atoms with Crippen molar-refractivity contribution in [2.75, 3.05) is 16.9 Å². The number of carbonyl (C=O) groups is 4. The van der Waals surface area contributed by atoms with Crippen LogP contribution in [0.25, 0.3) is 0 Å². The van der Waals surface area contributed by atoms with Crippen molar-refractivity contribution >= 4 is 68.3 Å². The number of fused-ring (bicyclic) bond motifs is 1. The molecule has 56 heavy (non-hydrogen) atoms. The zero-order valence-corrected chi connectivity index (χ0v) is 33.5. The van der Waals surface area contributed by atoms with Crippen LogP contribution in [-0.2, 0) is 45.1 Å². The molecule has 2 unspecified atom stereocenters. The van der Waals surface area contributed by atoms with E-state index >= 15 is 0 Å². The molecule has 3 heterocycles. The lowest BCUT2D eigenvalue weighted by Gasteiger charge is -2.48. The van der Waals surface area contributed by atoms with Gasteiger partial charge in [-0.05, 0) is 56.9 Å². The molecule has 1 aromatic heterocycles. The van der Waals surface area contributed by atoms with E-state index in [1.165, 1.54) is 25.2 Å². The molecule has 0 saturated carbocycles. The number of halogens is 1. The Bertz CT molecular complexity index is 2130. The van der Waals surface area contributed by atoms with Crippen molar-refractivity contribution in [2.24, 2.45) is 5.16 Å². The van der Waals surface area contributed by atoms with Crippen LogP contribution in [0, 0.1) is 0 Å². The standard InChI is InChI=1S/C40H40ClN5O8S2/c1-38(2,3)53-36(51)39(4,5)54-45-29(32(47)43-30-33(48)46-31(35(49)50)24(21-41)23-56(52)34(30)46)28-22-55-37(42-28)44-40(25-15-9-6-10-16-25,26-17-11-7-12-18-26)27-19-13-8-14-20-27/h6-20,22,30,34H,21,23H2,1-5H3,(H,42,44)(H,43,47)(H,49,50)/b45-29-/t30?,34-,56?/m1/s1. The van der Waals surface area contributed by atoms with E-state index in [4.69, 9.17) is 26.2 Å². The topological polar surface area (TPSA) is 177 Å². The van der Waals surface area contributed by atoms with Crippen LogP contribution in [0.4, 0.5) is 5.13 Å². The molecule has 16 heteroatoms. The van der Waals surface area contributed by atoms with Gasteiger partial charge in [-0.2, -0.15) is 0 Å². The fourth-order valence-corrected chi connectivity index (χ4v) is 9.12. The molecule has 0 bridgehead atoms. The maximum Gasteiger partial charge on any atom is 0.353 e. The number of carboxylic acids is 1. The Morgan fingerprint density at radius 2 is 1.48 bits per heavy atom. The van der Waals surface area contributed by atoms with Gasteiger partial charge in [-0.25, -0.2) is 14.6 Å². The Morgan fingerprint density at radius 1 is 0.946 bits per heavy atom. The van der Waals surface area contributed by atoms with Crippen LogP contribution < -0.4 is 10.6 Å². The van der Waals surface area contributed by atoms with Crippen LogP contribution in [0.1, 0.15) is 57.0 Å². The Hall–Kier alpha value is -5.38. The van der Waals surface area contributed by atoms with Crippen LogP contribution in [0.2, 0.25) is 0 Å². The van der Waals surface area contributed by atoms with E-state index in [1.807, 2.05) is 91.0 Å². The third-order valence-electron chi connectivity index (χ3n) is 8.99. The molecule has 4 aromatic rings. The molecular weight excluding hydrogens is 778 g/mol. The van der Waals surface area contributed by atoms with Gasteiger partial charge in [-0.3, -0.25) is 18.7 Å². The fourth-order valence-electron chi connectivity index (χ4n) is 6.35. The molecule has 2 aliphatic heterocycles. The SMILES string of the molecule is CC(C)(C)OC(=O)C(C)(C)O/N=C(\C(=O)NC1C(=O)N2C(C(=O)O)=C(CCl)CS(=O)[C@H]12)c1csc(NC(c2ccccc2)(c2ccccc2)c2ccccc2)n1. The minimum Gasteiger partial charge on any atom is -0.477 e. The molecular formula is C40H40ClN5O8S2. The molecule has 6 rings (SSSR count). The molecule has 13 nitrogen and oxygen atoms in total. The number of amides is 2. The van der Waals surface area contributed by atoms with Gasteiger partial charge in [0.1, 0.15) is 33.9 Å². The number of nitrogens with one attached hydrogen (secondary N) is 2.